The first-order chi connectivity index (χ1) is 8.26. The summed E-state index contributed by atoms with van der Waals surface area (Å²) in [6, 6.07) is 0.294. The van der Waals surface area contributed by atoms with Crippen molar-refractivity contribution >= 4 is 17.7 Å². The van der Waals surface area contributed by atoms with Gasteiger partial charge in [0, 0.05) is 19.1 Å². The summed E-state index contributed by atoms with van der Waals surface area (Å²) in [5.41, 5.74) is 5.85. The highest BCUT2D eigenvalue weighted by Crippen LogP contribution is 2.31. The van der Waals surface area contributed by atoms with Crippen LogP contribution in [0.2, 0.25) is 0 Å². The van der Waals surface area contributed by atoms with Crippen molar-refractivity contribution in [3.05, 3.63) is 0 Å². The first-order valence-corrected chi connectivity index (χ1v) is 7.93. The minimum atomic E-state index is 0.224. The molecule has 0 aromatic heterocycles. The van der Waals surface area contributed by atoms with Crippen molar-refractivity contribution in [1.29, 1.82) is 0 Å². The van der Waals surface area contributed by atoms with Crippen LogP contribution in [0.25, 0.3) is 0 Å². The summed E-state index contributed by atoms with van der Waals surface area (Å²) >= 11 is 1.83. The fourth-order valence-electron chi connectivity index (χ4n) is 2.98. The number of nitrogens with two attached hydrogens (primary N) is 1. The van der Waals surface area contributed by atoms with Gasteiger partial charge < -0.3 is 10.6 Å². The molecule has 2 fully saturated rings. The van der Waals surface area contributed by atoms with Crippen LogP contribution in [0.4, 0.5) is 0 Å². The predicted molar refractivity (Wildman–Crippen MR) is 73.1 cm³/mol. The lowest BCUT2D eigenvalue weighted by molar-refractivity contribution is -0.134. The van der Waals surface area contributed by atoms with Crippen molar-refractivity contribution in [2.75, 3.05) is 18.8 Å². The maximum atomic E-state index is 12.4. The lowest BCUT2D eigenvalue weighted by Crippen LogP contribution is -2.51. The molecule has 17 heavy (non-hydrogen) atoms. The Bertz CT molecular complexity index is 266. The Hall–Kier alpha value is -0.220. The summed E-state index contributed by atoms with van der Waals surface area (Å²) in [5.74, 6) is 2.27. The lowest BCUT2D eigenvalue weighted by atomic mass is 9.88. The maximum Gasteiger partial charge on any atom is 0.235 e. The number of amides is 1. The SMILES string of the molecule is CCC1CCN(C(=O)C2CCCS2)C(CN)C1. The molecule has 0 aliphatic carbocycles. The second-order valence-electron chi connectivity index (χ2n) is 5.22. The molecule has 1 amide bonds. The number of hydrogen-bond donors (Lipinski definition) is 1. The van der Waals surface area contributed by atoms with Crippen LogP contribution in [0.15, 0.2) is 0 Å². The van der Waals surface area contributed by atoms with Gasteiger partial charge in [-0.3, -0.25) is 4.79 Å². The first-order valence-electron chi connectivity index (χ1n) is 6.88. The summed E-state index contributed by atoms with van der Waals surface area (Å²) in [6.07, 6.45) is 5.75. The zero-order chi connectivity index (χ0) is 12.3. The molecule has 2 N–H and O–H groups in total. The molecule has 3 atom stereocenters. The van der Waals surface area contributed by atoms with Crippen LogP contribution in [-0.4, -0.2) is 40.9 Å². The van der Waals surface area contributed by atoms with E-state index in [2.05, 4.69) is 11.8 Å². The van der Waals surface area contributed by atoms with Crippen LogP contribution in [0.1, 0.15) is 39.0 Å². The van der Waals surface area contributed by atoms with Crippen LogP contribution in [-0.2, 0) is 4.79 Å². The Kier molecular flexibility index (Phi) is 4.74. The van der Waals surface area contributed by atoms with Gasteiger partial charge in [0.05, 0.1) is 5.25 Å². The minimum absolute atomic E-state index is 0.224. The van der Waals surface area contributed by atoms with Crippen molar-refractivity contribution < 1.29 is 4.79 Å². The van der Waals surface area contributed by atoms with E-state index in [4.69, 9.17) is 5.73 Å². The third-order valence-electron chi connectivity index (χ3n) is 4.16. The van der Waals surface area contributed by atoms with Crippen molar-refractivity contribution in [2.24, 2.45) is 11.7 Å². The maximum absolute atomic E-state index is 12.4. The Labute approximate surface area is 108 Å². The number of hydrogen-bond acceptors (Lipinski definition) is 3. The van der Waals surface area contributed by atoms with Gasteiger partial charge in [0.2, 0.25) is 5.91 Å². The number of carbonyl (C=O) groups excluding carboxylic acids is 1. The molecule has 0 radical (unpaired) electrons. The van der Waals surface area contributed by atoms with Crippen LogP contribution in [0, 0.1) is 5.92 Å². The number of piperidine rings is 1. The lowest BCUT2D eigenvalue weighted by Gasteiger charge is -2.40. The largest absolute Gasteiger partial charge is 0.337 e. The molecule has 0 saturated carbocycles. The molecule has 98 valence electrons. The normalized spacial score (nSPS) is 34.0. The van der Waals surface area contributed by atoms with Gasteiger partial charge in [-0.1, -0.05) is 13.3 Å². The average Bonchev–Trinajstić information content (AvgIpc) is 2.91. The molecule has 2 heterocycles. The van der Waals surface area contributed by atoms with E-state index in [-0.39, 0.29) is 5.25 Å². The molecule has 0 bridgehead atoms. The van der Waals surface area contributed by atoms with E-state index in [1.807, 2.05) is 11.8 Å². The number of rotatable bonds is 3. The molecule has 2 saturated heterocycles. The fraction of sp³-hybridized carbons (Fsp3) is 0.923. The van der Waals surface area contributed by atoms with Crippen LogP contribution in [0.5, 0.6) is 0 Å². The van der Waals surface area contributed by atoms with Crippen molar-refractivity contribution in [3.8, 4) is 0 Å². The van der Waals surface area contributed by atoms with E-state index < -0.39 is 0 Å². The minimum Gasteiger partial charge on any atom is -0.337 e. The van der Waals surface area contributed by atoms with Crippen LogP contribution in [0.3, 0.4) is 0 Å². The smallest absolute Gasteiger partial charge is 0.235 e. The summed E-state index contributed by atoms with van der Waals surface area (Å²) in [6.45, 7) is 3.79. The van der Waals surface area contributed by atoms with Crippen molar-refractivity contribution in [2.45, 2.75) is 50.3 Å². The Balaban J connectivity index is 1.96. The summed E-state index contributed by atoms with van der Waals surface area (Å²) in [4.78, 5) is 14.5. The molecule has 4 heteroatoms. The summed E-state index contributed by atoms with van der Waals surface area (Å²) in [7, 11) is 0. The van der Waals surface area contributed by atoms with Crippen molar-refractivity contribution in [3.63, 3.8) is 0 Å². The highest BCUT2D eigenvalue weighted by atomic mass is 32.2. The van der Waals surface area contributed by atoms with E-state index in [0.717, 1.165) is 37.5 Å². The Morgan fingerprint density at radius 3 is 2.88 bits per heavy atom. The molecular weight excluding hydrogens is 232 g/mol. The number of thioether (sulfide) groups is 1. The van der Waals surface area contributed by atoms with Crippen LogP contribution < -0.4 is 5.73 Å². The third kappa shape index (κ3) is 2.97. The highest BCUT2D eigenvalue weighted by molar-refractivity contribution is 8.00. The molecule has 2 aliphatic heterocycles. The number of nitrogens with zero attached hydrogens (tertiary/aromatic N) is 1. The monoisotopic (exact) mass is 256 g/mol. The first kappa shape index (κ1) is 13.2. The molecular formula is C13H24N2OS. The topological polar surface area (TPSA) is 46.3 Å². The summed E-state index contributed by atoms with van der Waals surface area (Å²) < 4.78 is 0. The summed E-state index contributed by atoms with van der Waals surface area (Å²) in [5, 5.41) is 0.224. The van der Waals surface area contributed by atoms with Gasteiger partial charge in [0.25, 0.3) is 0 Å². The molecule has 3 nitrogen and oxygen atoms in total. The van der Waals surface area contributed by atoms with Crippen molar-refractivity contribution in [1.82, 2.24) is 4.90 Å². The van der Waals surface area contributed by atoms with Gasteiger partial charge in [-0.2, -0.15) is 0 Å². The van der Waals surface area contributed by atoms with E-state index in [1.165, 1.54) is 12.8 Å². The fourth-order valence-corrected chi connectivity index (χ4v) is 4.21. The van der Waals surface area contributed by atoms with Gasteiger partial charge >= 0.3 is 0 Å². The van der Waals surface area contributed by atoms with E-state index in [1.54, 1.807) is 0 Å². The van der Waals surface area contributed by atoms with Gasteiger partial charge in [0.15, 0.2) is 0 Å². The Morgan fingerprint density at radius 1 is 1.47 bits per heavy atom. The predicted octanol–water partition coefficient (Wildman–Crippen LogP) is 1.86. The average molecular weight is 256 g/mol. The molecule has 2 aliphatic rings. The third-order valence-corrected chi connectivity index (χ3v) is 5.53. The van der Waals surface area contributed by atoms with E-state index in [9.17, 15) is 4.79 Å². The van der Waals surface area contributed by atoms with E-state index >= 15 is 0 Å². The number of likely N-dealkylation sites (tertiary alicyclic amines) is 1. The van der Waals surface area contributed by atoms with Gasteiger partial charge in [-0.25, -0.2) is 0 Å². The Morgan fingerprint density at radius 2 is 2.29 bits per heavy atom. The van der Waals surface area contributed by atoms with Gasteiger partial charge in [0.1, 0.15) is 0 Å². The van der Waals surface area contributed by atoms with E-state index in [0.29, 0.717) is 18.5 Å². The number of carbonyl (C=O) groups is 1. The second-order valence-corrected chi connectivity index (χ2v) is 6.53. The quantitative estimate of drug-likeness (QED) is 0.838. The second kappa shape index (κ2) is 6.10. The van der Waals surface area contributed by atoms with Crippen LogP contribution >= 0.6 is 11.8 Å². The molecule has 2 rings (SSSR count). The highest BCUT2D eigenvalue weighted by Gasteiger charge is 2.34. The standard InChI is InChI=1S/C13H24N2OS/c1-2-10-5-6-15(11(8-10)9-14)13(16)12-4-3-7-17-12/h10-12H,2-9,14H2,1H3. The molecule has 0 aromatic carbocycles. The zero-order valence-corrected chi connectivity index (χ0v) is 11.5. The zero-order valence-electron chi connectivity index (χ0n) is 10.7. The van der Waals surface area contributed by atoms with Gasteiger partial charge in [-0.05, 0) is 37.4 Å². The molecule has 0 spiro atoms. The van der Waals surface area contributed by atoms with Gasteiger partial charge in [-0.15, -0.1) is 11.8 Å². The molecule has 0 aromatic rings. The molecule has 3 unspecified atom stereocenters.